The molecule has 0 bridgehead atoms. The molecule has 4 aromatic carbocycles. The van der Waals surface area contributed by atoms with Crippen LogP contribution in [0, 0.1) is 0 Å². The summed E-state index contributed by atoms with van der Waals surface area (Å²) in [5.74, 6) is -4.58. The zero-order valence-corrected chi connectivity index (χ0v) is 29.5. The molecule has 2 aliphatic carbocycles. The number of nitrogens with zero attached hydrogens (tertiary/aromatic N) is 2. The highest BCUT2D eigenvalue weighted by Gasteiger charge is 2.36. The van der Waals surface area contributed by atoms with Gasteiger partial charge in [0.2, 0.25) is 11.6 Å². The van der Waals surface area contributed by atoms with Crippen molar-refractivity contribution in [3.8, 4) is 0 Å². The Morgan fingerprint density at radius 1 is 0.500 bits per heavy atom. The van der Waals surface area contributed by atoms with Crippen molar-refractivity contribution in [3.05, 3.63) is 128 Å². The lowest BCUT2D eigenvalue weighted by Gasteiger charge is -2.18. The van der Waals surface area contributed by atoms with Gasteiger partial charge < -0.3 is 31.9 Å². The lowest BCUT2D eigenvalue weighted by atomic mass is 9.94. The molecule has 2 amide bonds. The van der Waals surface area contributed by atoms with E-state index in [-0.39, 0.29) is 44.8 Å². The Morgan fingerprint density at radius 2 is 0.821 bits per heavy atom. The van der Waals surface area contributed by atoms with Gasteiger partial charge in [-0.3, -0.25) is 18.7 Å². The Morgan fingerprint density at radius 3 is 1.14 bits per heavy atom. The van der Waals surface area contributed by atoms with Crippen molar-refractivity contribution < 1.29 is 60.1 Å². The molecular weight excluding hydrogens is 777 g/mol. The molecule has 2 aliphatic rings. The third-order valence-electron chi connectivity index (χ3n) is 8.00. The maximum absolute atomic E-state index is 13.5. The molecule has 0 heterocycles. The molecule has 0 atom stereocenters. The van der Waals surface area contributed by atoms with Crippen LogP contribution in [-0.2, 0) is 20.2 Å². The standard InChI is InChI=1S/C35H24N6O13S2/c42-31-25-11-9-23(40-38-21-5-1-17(2-6-21)33(44)45)13-19(25)15-27(55(49,50)51)29(31)36-35(48)37-30-28(56(52,53)54)16-20-14-24(10-12-26(20)32(30)43)41-39-22-7-3-18(4-8-22)34(46)47/h1-16,38-41H,(H,44,45)(H,46,47)(H,49,50,51)(H,52,53,54)/b36-29+,37-30+. The van der Waals surface area contributed by atoms with E-state index >= 15 is 0 Å². The number of carboxylic acids is 2. The van der Waals surface area contributed by atoms with Crippen molar-refractivity contribution in [1.29, 1.82) is 0 Å². The molecule has 284 valence electrons. The number of hydrazine groups is 2. The number of carboxylic acid groups (broad SMARTS) is 2. The summed E-state index contributed by atoms with van der Waals surface area (Å²) in [6, 6.07) is 17.4. The molecule has 0 aromatic heterocycles. The number of carbonyl (C=O) groups is 5. The van der Waals surface area contributed by atoms with Crippen LogP contribution in [0.3, 0.4) is 0 Å². The minimum absolute atomic E-state index is 0.0378. The second-order valence-electron chi connectivity index (χ2n) is 11.7. The maximum atomic E-state index is 13.5. The largest absolute Gasteiger partial charge is 0.478 e. The van der Waals surface area contributed by atoms with Crippen LogP contribution in [0.1, 0.15) is 52.6 Å². The predicted molar refractivity (Wildman–Crippen MR) is 202 cm³/mol. The first-order chi connectivity index (χ1) is 26.4. The number of amides is 2. The second kappa shape index (κ2) is 14.8. The molecule has 56 heavy (non-hydrogen) atoms. The number of anilines is 4. The topological polar surface area (TPSA) is 307 Å². The van der Waals surface area contributed by atoms with E-state index in [0.29, 0.717) is 11.4 Å². The summed E-state index contributed by atoms with van der Waals surface area (Å²) in [6.07, 6.45) is 1.68. The number of urea groups is 1. The zero-order chi connectivity index (χ0) is 40.5. The van der Waals surface area contributed by atoms with Crippen LogP contribution in [0.2, 0.25) is 0 Å². The fraction of sp³-hybridized carbons (Fsp3) is 0. The number of ketones is 2. The normalized spacial score (nSPS) is 15.2. The molecule has 0 unspecified atom stereocenters. The van der Waals surface area contributed by atoms with Crippen LogP contribution in [0.5, 0.6) is 0 Å². The smallest absolute Gasteiger partial charge is 0.368 e. The first kappa shape index (κ1) is 38.4. The van der Waals surface area contributed by atoms with Crippen LogP contribution in [-0.4, -0.2) is 77.1 Å². The minimum Gasteiger partial charge on any atom is -0.478 e. The highest BCUT2D eigenvalue weighted by molar-refractivity contribution is 7.91. The maximum Gasteiger partial charge on any atom is 0.368 e. The molecule has 6 rings (SSSR count). The number of nitrogens with one attached hydrogen (secondary N) is 4. The number of allylic oxidation sites excluding steroid dienone is 2. The first-order valence-electron chi connectivity index (χ1n) is 15.6. The van der Waals surface area contributed by atoms with E-state index in [0.717, 1.165) is 12.2 Å². The molecular formula is C35H24N6O13S2. The second-order valence-corrected chi connectivity index (χ2v) is 14.5. The van der Waals surface area contributed by atoms with Crippen LogP contribution in [0.4, 0.5) is 27.5 Å². The first-order valence-corrected chi connectivity index (χ1v) is 18.5. The Labute approximate surface area is 315 Å². The Kier molecular flexibility index (Phi) is 10.2. The van der Waals surface area contributed by atoms with Crippen molar-refractivity contribution in [2.45, 2.75) is 0 Å². The number of aliphatic imine (C=N–C) groups is 2. The van der Waals surface area contributed by atoms with Crippen molar-refractivity contribution in [2.75, 3.05) is 21.7 Å². The predicted octanol–water partition coefficient (Wildman–Crippen LogP) is 4.51. The Bertz CT molecular complexity index is 2550. The van der Waals surface area contributed by atoms with Gasteiger partial charge in [-0.25, -0.2) is 14.4 Å². The molecule has 0 aliphatic heterocycles. The van der Waals surface area contributed by atoms with Gasteiger partial charge in [-0.1, -0.05) is 0 Å². The molecule has 8 N–H and O–H groups in total. The van der Waals surface area contributed by atoms with Gasteiger partial charge in [0, 0.05) is 11.1 Å². The zero-order valence-electron chi connectivity index (χ0n) is 27.9. The highest BCUT2D eigenvalue weighted by Crippen LogP contribution is 2.30. The van der Waals surface area contributed by atoms with E-state index in [2.05, 4.69) is 31.7 Å². The van der Waals surface area contributed by atoms with Crippen molar-refractivity contribution >= 4 is 96.1 Å². The van der Waals surface area contributed by atoms with Crippen molar-refractivity contribution in [3.63, 3.8) is 0 Å². The van der Waals surface area contributed by atoms with Crippen molar-refractivity contribution in [2.24, 2.45) is 9.98 Å². The third-order valence-corrected chi connectivity index (χ3v) is 9.73. The summed E-state index contributed by atoms with van der Waals surface area (Å²) in [4.78, 5) is 66.8. The van der Waals surface area contributed by atoms with Gasteiger partial charge in [-0.05, 0) is 108 Å². The van der Waals surface area contributed by atoms with Crippen LogP contribution in [0.15, 0.2) is 105 Å². The fourth-order valence-electron chi connectivity index (χ4n) is 5.33. The summed E-state index contributed by atoms with van der Waals surface area (Å²) in [7, 11) is -10.5. The van der Waals surface area contributed by atoms with Gasteiger partial charge in [0.1, 0.15) is 21.2 Å². The molecule has 0 spiro atoms. The molecule has 0 fully saturated rings. The lowest BCUT2D eigenvalue weighted by molar-refractivity contribution is 0.0686. The van der Waals surface area contributed by atoms with Crippen LogP contribution in [0.25, 0.3) is 12.2 Å². The average molecular weight is 801 g/mol. The Balaban J connectivity index is 1.26. The number of fused-ring (bicyclic) bond motifs is 2. The number of rotatable bonds is 10. The average Bonchev–Trinajstić information content (AvgIpc) is 3.14. The van der Waals surface area contributed by atoms with Gasteiger partial charge >= 0.3 is 18.0 Å². The van der Waals surface area contributed by atoms with E-state index in [1.165, 1.54) is 84.9 Å². The Hall–Kier alpha value is -7.33. The molecule has 19 nitrogen and oxygen atoms in total. The minimum atomic E-state index is -5.25. The van der Waals surface area contributed by atoms with E-state index in [1.54, 1.807) is 0 Å². The quantitative estimate of drug-likeness (QED) is 0.0808. The number of hydrogen-bond donors (Lipinski definition) is 8. The van der Waals surface area contributed by atoms with E-state index in [4.69, 9.17) is 10.2 Å². The molecule has 21 heteroatoms. The van der Waals surface area contributed by atoms with E-state index in [9.17, 15) is 49.9 Å². The number of benzene rings is 4. The number of aromatic carboxylic acids is 2. The fourth-order valence-corrected chi connectivity index (χ4v) is 6.65. The van der Waals surface area contributed by atoms with Gasteiger partial charge in [0.15, 0.2) is 0 Å². The lowest BCUT2D eigenvalue weighted by Crippen LogP contribution is -2.28. The van der Waals surface area contributed by atoms with Crippen LogP contribution >= 0.6 is 0 Å². The number of carbonyl (C=O) groups excluding carboxylic acids is 3. The summed E-state index contributed by atoms with van der Waals surface area (Å²) in [5.41, 5.74) is 10.0. The molecule has 0 saturated heterocycles. The summed E-state index contributed by atoms with van der Waals surface area (Å²) in [6.45, 7) is 0. The van der Waals surface area contributed by atoms with Gasteiger partial charge in [0.25, 0.3) is 20.2 Å². The van der Waals surface area contributed by atoms with E-state index < -0.39 is 71.0 Å². The summed E-state index contributed by atoms with van der Waals surface area (Å²) >= 11 is 0. The monoisotopic (exact) mass is 800 g/mol. The number of Topliss-reactive ketones (excluding diaryl/α,β-unsaturated/α-hetero) is 2. The number of hydrogen-bond acceptors (Lipinski definition) is 13. The third kappa shape index (κ3) is 8.24. The van der Waals surface area contributed by atoms with Crippen molar-refractivity contribution in [1.82, 2.24) is 0 Å². The summed E-state index contributed by atoms with van der Waals surface area (Å²) in [5, 5.41) is 18.1. The highest BCUT2D eigenvalue weighted by atomic mass is 32.2. The molecule has 4 aromatic rings. The van der Waals surface area contributed by atoms with Gasteiger partial charge in [-0.15, -0.1) is 0 Å². The van der Waals surface area contributed by atoms with Gasteiger partial charge in [0.05, 0.1) is 33.9 Å². The molecule has 0 saturated carbocycles. The summed E-state index contributed by atoms with van der Waals surface area (Å²) < 4.78 is 69.5. The van der Waals surface area contributed by atoms with E-state index in [1.807, 2.05) is 0 Å². The molecule has 0 radical (unpaired) electrons. The van der Waals surface area contributed by atoms with Crippen LogP contribution < -0.4 is 21.7 Å². The SMILES string of the molecule is O=C(/N=C1/C(=O)c2ccc(NNc3ccc(C(=O)O)cc3)cc2C=C1S(=O)(=O)O)/N=C1/C(=O)c2ccc(NNc3ccc(C(=O)O)cc3)cc2C=C1S(=O)(=O)O. The van der Waals surface area contributed by atoms with Gasteiger partial charge in [-0.2, -0.15) is 26.8 Å².